The number of hydrogen-bond donors (Lipinski definition) is 1. The summed E-state index contributed by atoms with van der Waals surface area (Å²) in [6.07, 6.45) is 2.06. The third kappa shape index (κ3) is 2.45. The Balaban J connectivity index is 2.80. The van der Waals surface area contributed by atoms with Gasteiger partial charge in [-0.15, -0.1) is 0 Å². The molecule has 76 valence electrons. The van der Waals surface area contributed by atoms with Crippen LogP contribution in [-0.4, -0.2) is 23.2 Å². The van der Waals surface area contributed by atoms with Crippen molar-refractivity contribution < 1.29 is 14.6 Å². The van der Waals surface area contributed by atoms with Gasteiger partial charge >= 0.3 is 5.97 Å². The monoisotopic (exact) mass is 195 g/mol. The Morgan fingerprint density at radius 2 is 2.43 bits per heavy atom. The number of rotatable bonds is 4. The first kappa shape index (κ1) is 10.5. The van der Waals surface area contributed by atoms with Crippen LogP contribution in [0.25, 0.3) is 0 Å². The van der Waals surface area contributed by atoms with Gasteiger partial charge in [-0.05, 0) is 12.5 Å². The molecule has 1 unspecified atom stereocenters. The van der Waals surface area contributed by atoms with E-state index in [1.54, 1.807) is 19.2 Å². The van der Waals surface area contributed by atoms with Crippen LogP contribution >= 0.6 is 0 Å². The van der Waals surface area contributed by atoms with E-state index < -0.39 is 11.9 Å². The van der Waals surface area contributed by atoms with Crippen molar-refractivity contribution in [3.8, 4) is 5.88 Å². The lowest BCUT2D eigenvalue weighted by Crippen LogP contribution is -2.13. The Morgan fingerprint density at radius 1 is 1.71 bits per heavy atom. The SMILES string of the molecule is COc1ncccc1CC(C)C(=O)O. The first-order valence-corrected chi connectivity index (χ1v) is 4.36. The average molecular weight is 195 g/mol. The summed E-state index contributed by atoms with van der Waals surface area (Å²) in [6.45, 7) is 1.66. The van der Waals surface area contributed by atoms with Crippen LogP contribution in [0.2, 0.25) is 0 Å². The average Bonchev–Trinajstić information content (AvgIpc) is 2.18. The minimum Gasteiger partial charge on any atom is -0.481 e. The van der Waals surface area contributed by atoms with E-state index in [0.29, 0.717) is 12.3 Å². The maximum Gasteiger partial charge on any atom is 0.306 e. The molecule has 0 aliphatic carbocycles. The van der Waals surface area contributed by atoms with Crippen LogP contribution in [0.5, 0.6) is 5.88 Å². The number of aliphatic carboxylic acids is 1. The third-order valence-electron chi connectivity index (χ3n) is 1.99. The minimum absolute atomic E-state index is 0.423. The topological polar surface area (TPSA) is 59.4 Å². The maximum atomic E-state index is 10.6. The van der Waals surface area contributed by atoms with Crippen molar-refractivity contribution in [2.45, 2.75) is 13.3 Å². The maximum absolute atomic E-state index is 10.6. The van der Waals surface area contributed by atoms with Gasteiger partial charge in [0.2, 0.25) is 5.88 Å². The van der Waals surface area contributed by atoms with Gasteiger partial charge in [-0.25, -0.2) is 4.98 Å². The van der Waals surface area contributed by atoms with Gasteiger partial charge in [0.05, 0.1) is 13.0 Å². The number of carbonyl (C=O) groups is 1. The lowest BCUT2D eigenvalue weighted by molar-refractivity contribution is -0.141. The van der Waals surface area contributed by atoms with E-state index in [4.69, 9.17) is 9.84 Å². The molecule has 0 fully saturated rings. The Hall–Kier alpha value is -1.58. The molecule has 0 aliphatic heterocycles. The van der Waals surface area contributed by atoms with Gasteiger partial charge in [-0.3, -0.25) is 4.79 Å². The van der Waals surface area contributed by atoms with Crippen LogP contribution < -0.4 is 4.74 Å². The molecule has 0 aliphatic rings. The summed E-state index contributed by atoms with van der Waals surface area (Å²) in [5.41, 5.74) is 0.824. The molecule has 0 amide bonds. The van der Waals surface area contributed by atoms with Crippen molar-refractivity contribution in [1.82, 2.24) is 4.98 Å². The molecule has 0 saturated heterocycles. The Kier molecular flexibility index (Phi) is 3.45. The molecule has 1 atom stereocenters. The third-order valence-corrected chi connectivity index (χ3v) is 1.99. The minimum atomic E-state index is -0.809. The van der Waals surface area contributed by atoms with E-state index in [0.717, 1.165) is 5.56 Å². The van der Waals surface area contributed by atoms with E-state index in [1.807, 2.05) is 6.07 Å². The van der Waals surface area contributed by atoms with Gasteiger partial charge in [0.25, 0.3) is 0 Å². The lowest BCUT2D eigenvalue weighted by atomic mass is 10.0. The van der Waals surface area contributed by atoms with E-state index in [1.165, 1.54) is 7.11 Å². The van der Waals surface area contributed by atoms with Crippen molar-refractivity contribution in [3.63, 3.8) is 0 Å². The zero-order valence-corrected chi connectivity index (χ0v) is 8.23. The zero-order valence-electron chi connectivity index (χ0n) is 8.23. The Morgan fingerprint density at radius 3 is 3.00 bits per heavy atom. The second-order valence-corrected chi connectivity index (χ2v) is 3.12. The van der Waals surface area contributed by atoms with Crippen molar-refractivity contribution >= 4 is 5.97 Å². The molecule has 1 heterocycles. The molecule has 0 aromatic carbocycles. The van der Waals surface area contributed by atoms with Crippen LogP contribution in [0.4, 0.5) is 0 Å². The highest BCUT2D eigenvalue weighted by Gasteiger charge is 2.14. The second kappa shape index (κ2) is 4.60. The van der Waals surface area contributed by atoms with Gasteiger partial charge in [0.15, 0.2) is 0 Å². The highest BCUT2D eigenvalue weighted by atomic mass is 16.5. The fourth-order valence-electron chi connectivity index (χ4n) is 1.18. The summed E-state index contributed by atoms with van der Waals surface area (Å²) in [5.74, 6) is -0.732. The molecule has 1 N–H and O–H groups in total. The van der Waals surface area contributed by atoms with Crippen LogP contribution in [0.3, 0.4) is 0 Å². The fourth-order valence-corrected chi connectivity index (χ4v) is 1.18. The number of hydrogen-bond acceptors (Lipinski definition) is 3. The zero-order chi connectivity index (χ0) is 10.6. The van der Waals surface area contributed by atoms with Crippen molar-refractivity contribution in [3.05, 3.63) is 23.9 Å². The van der Waals surface area contributed by atoms with E-state index in [9.17, 15) is 4.79 Å². The van der Waals surface area contributed by atoms with E-state index in [2.05, 4.69) is 4.98 Å². The highest BCUT2D eigenvalue weighted by molar-refractivity contribution is 5.70. The molecule has 1 aromatic heterocycles. The Labute approximate surface area is 82.5 Å². The van der Waals surface area contributed by atoms with Crippen molar-refractivity contribution in [1.29, 1.82) is 0 Å². The largest absolute Gasteiger partial charge is 0.481 e. The van der Waals surface area contributed by atoms with Crippen molar-refractivity contribution in [2.75, 3.05) is 7.11 Å². The number of aromatic nitrogens is 1. The molecule has 1 aromatic rings. The van der Waals surface area contributed by atoms with Gasteiger partial charge < -0.3 is 9.84 Å². The number of nitrogens with zero attached hydrogens (tertiary/aromatic N) is 1. The summed E-state index contributed by atoms with van der Waals surface area (Å²) in [4.78, 5) is 14.6. The summed E-state index contributed by atoms with van der Waals surface area (Å²) in [6, 6.07) is 3.59. The van der Waals surface area contributed by atoms with Crippen LogP contribution in [0.1, 0.15) is 12.5 Å². The quantitative estimate of drug-likeness (QED) is 0.787. The van der Waals surface area contributed by atoms with Gasteiger partial charge in [-0.2, -0.15) is 0 Å². The molecule has 14 heavy (non-hydrogen) atoms. The Bertz CT molecular complexity index is 325. The normalized spacial score (nSPS) is 12.1. The molecular formula is C10H13NO3. The second-order valence-electron chi connectivity index (χ2n) is 3.12. The molecule has 0 spiro atoms. The first-order chi connectivity index (χ1) is 6.65. The van der Waals surface area contributed by atoms with Crippen LogP contribution in [0.15, 0.2) is 18.3 Å². The molecular weight excluding hydrogens is 182 g/mol. The first-order valence-electron chi connectivity index (χ1n) is 4.36. The summed E-state index contributed by atoms with van der Waals surface area (Å²) < 4.78 is 5.02. The molecule has 4 heteroatoms. The van der Waals surface area contributed by atoms with Crippen LogP contribution in [-0.2, 0) is 11.2 Å². The number of methoxy groups -OCH3 is 1. The number of carboxylic acid groups (broad SMARTS) is 1. The molecule has 1 rings (SSSR count). The predicted octanol–water partition coefficient (Wildman–Crippen LogP) is 1.35. The predicted molar refractivity (Wildman–Crippen MR) is 51.3 cm³/mol. The molecule has 4 nitrogen and oxygen atoms in total. The van der Waals surface area contributed by atoms with Gasteiger partial charge in [0, 0.05) is 11.8 Å². The van der Waals surface area contributed by atoms with E-state index in [-0.39, 0.29) is 0 Å². The number of ether oxygens (including phenoxy) is 1. The summed E-state index contributed by atoms with van der Waals surface area (Å²) in [7, 11) is 1.53. The summed E-state index contributed by atoms with van der Waals surface area (Å²) >= 11 is 0. The highest BCUT2D eigenvalue weighted by Crippen LogP contribution is 2.17. The molecule has 0 bridgehead atoms. The fraction of sp³-hybridized carbons (Fsp3) is 0.400. The van der Waals surface area contributed by atoms with Gasteiger partial charge in [-0.1, -0.05) is 13.0 Å². The molecule has 0 saturated carbocycles. The summed E-state index contributed by atoms with van der Waals surface area (Å²) in [5, 5.41) is 8.75. The number of pyridine rings is 1. The van der Waals surface area contributed by atoms with E-state index >= 15 is 0 Å². The van der Waals surface area contributed by atoms with Crippen molar-refractivity contribution in [2.24, 2.45) is 5.92 Å². The molecule has 0 radical (unpaired) electrons. The number of carboxylic acids is 1. The lowest BCUT2D eigenvalue weighted by Gasteiger charge is -2.09. The standard InChI is InChI=1S/C10H13NO3/c1-7(10(12)13)6-8-4-3-5-11-9(8)14-2/h3-5,7H,6H2,1-2H3,(H,12,13). The van der Waals surface area contributed by atoms with Gasteiger partial charge in [0.1, 0.15) is 0 Å². The van der Waals surface area contributed by atoms with Crippen LogP contribution in [0, 0.1) is 5.92 Å². The smallest absolute Gasteiger partial charge is 0.306 e.